The molecule has 0 saturated carbocycles. The molecule has 1 atom stereocenters. The van der Waals surface area contributed by atoms with Gasteiger partial charge in [0.15, 0.2) is 0 Å². The van der Waals surface area contributed by atoms with Crippen LogP contribution in [-0.2, 0) is 6.42 Å². The van der Waals surface area contributed by atoms with Crippen molar-refractivity contribution in [2.45, 2.75) is 12.5 Å². The molecule has 0 amide bonds. The van der Waals surface area contributed by atoms with Gasteiger partial charge in [0.25, 0.3) is 0 Å². The predicted molar refractivity (Wildman–Crippen MR) is 73.2 cm³/mol. The van der Waals surface area contributed by atoms with Gasteiger partial charge in [-0.1, -0.05) is 41.4 Å². The smallest absolute Gasteiger partial charge is 0.115 e. The predicted octanol–water partition coefficient (Wildman–Crippen LogP) is 3.98. The molecular weight excluding hydrogens is 271 g/mol. The van der Waals surface area contributed by atoms with Crippen LogP contribution in [0.1, 0.15) is 17.2 Å². The van der Waals surface area contributed by atoms with Gasteiger partial charge in [0.2, 0.25) is 0 Å². The van der Waals surface area contributed by atoms with Crippen LogP contribution in [0, 0.1) is 0 Å². The zero-order chi connectivity index (χ0) is 13.1. The summed E-state index contributed by atoms with van der Waals surface area (Å²) in [6.45, 7) is 0. The molecule has 0 fully saturated rings. The SMILES string of the molecule is Oc1cccc(CC(O)c2ccc(Cl)cc2Cl)c1. The van der Waals surface area contributed by atoms with Crippen molar-refractivity contribution in [3.05, 3.63) is 63.6 Å². The molecule has 0 radical (unpaired) electrons. The quantitative estimate of drug-likeness (QED) is 0.894. The van der Waals surface area contributed by atoms with Gasteiger partial charge < -0.3 is 10.2 Å². The lowest BCUT2D eigenvalue weighted by atomic mass is 10.0. The van der Waals surface area contributed by atoms with E-state index in [0.717, 1.165) is 5.56 Å². The van der Waals surface area contributed by atoms with E-state index in [1.165, 1.54) is 0 Å². The highest BCUT2D eigenvalue weighted by Gasteiger charge is 2.12. The topological polar surface area (TPSA) is 40.5 Å². The number of halogens is 2. The second kappa shape index (κ2) is 5.61. The molecule has 0 spiro atoms. The Morgan fingerprint density at radius 1 is 1.06 bits per heavy atom. The Morgan fingerprint density at radius 2 is 1.83 bits per heavy atom. The average Bonchev–Trinajstić information content (AvgIpc) is 2.28. The Kier molecular flexibility index (Phi) is 4.12. The summed E-state index contributed by atoms with van der Waals surface area (Å²) in [5.74, 6) is 0.182. The number of aliphatic hydroxyl groups is 1. The minimum absolute atomic E-state index is 0.182. The molecule has 0 aliphatic heterocycles. The van der Waals surface area contributed by atoms with E-state index in [2.05, 4.69) is 0 Å². The number of rotatable bonds is 3. The molecule has 0 heterocycles. The summed E-state index contributed by atoms with van der Waals surface area (Å²) in [4.78, 5) is 0. The van der Waals surface area contributed by atoms with Crippen LogP contribution in [0.5, 0.6) is 5.75 Å². The van der Waals surface area contributed by atoms with Crippen molar-refractivity contribution in [2.75, 3.05) is 0 Å². The zero-order valence-corrected chi connectivity index (χ0v) is 11.0. The standard InChI is InChI=1S/C14H12Cl2O2/c15-10-4-5-12(13(16)8-10)14(18)7-9-2-1-3-11(17)6-9/h1-6,8,14,17-18H,7H2. The van der Waals surface area contributed by atoms with Gasteiger partial charge in [-0.3, -0.25) is 0 Å². The van der Waals surface area contributed by atoms with E-state index in [1.54, 1.807) is 36.4 Å². The van der Waals surface area contributed by atoms with Crippen LogP contribution in [0.2, 0.25) is 10.0 Å². The Balaban J connectivity index is 2.19. The van der Waals surface area contributed by atoms with Crippen LogP contribution in [0.15, 0.2) is 42.5 Å². The van der Waals surface area contributed by atoms with Crippen LogP contribution < -0.4 is 0 Å². The van der Waals surface area contributed by atoms with E-state index in [9.17, 15) is 10.2 Å². The Hall–Kier alpha value is -1.22. The lowest BCUT2D eigenvalue weighted by Crippen LogP contribution is -2.02. The first-order chi connectivity index (χ1) is 8.56. The second-order valence-corrected chi connectivity index (χ2v) is 4.90. The van der Waals surface area contributed by atoms with E-state index in [0.29, 0.717) is 22.0 Å². The van der Waals surface area contributed by atoms with E-state index in [4.69, 9.17) is 23.2 Å². The van der Waals surface area contributed by atoms with E-state index < -0.39 is 6.10 Å². The highest BCUT2D eigenvalue weighted by molar-refractivity contribution is 6.35. The number of hydrogen-bond donors (Lipinski definition) is 2. The zero-order valence-electron chi connectivity index (χ0n) is 9.48. The fourth-order valence-corrected chi connectivity index (χ4v) is 2.32. The fourth-order valence-electron chi connectivity index (χ4n) is 1.79. The Labute approximate surface area is 115 Å². The average molecular weight is 283 g/mol. The highest BCUT2D eigenvalue weighted by atomic mass is 35.5. The molecule has 2 N–H and O–H groups in total. The third-order valence-corrected chi connectivity index (χ3v) is 3.22. The van der Waals surface area contributed by atoms with Crippen molar-refractivity contribution in [1.82, 2.24) is 0 Å². The summed E-state index contributed by atoms with van der Waals surface area (Å²) in [5.41, 5.74) is 1.47. The lowest BCUT2D eigenvalue weighted by molar-refractivity contribution is 0.178. The van der Waals surface area contributed by atoms with Crippen molar-refractivity contribution in [3.63, 3.8) is 0 Å². The van der Waals surface area contributed by atoms with Crippen LogP contribution in [0.4, 0.5) is 0 Å². The number of aromatic hydroxyl groups is 1. The Bertz CT molecular complexity index is 555. The lowest BCUT2D eigenvalue weighted by Gasteiger charge is -2.13. The summed E-state index contributed by atoms with van der Waals surface area (Å²) in [6, 6.07) is 11.8. The van der Waals surface area contributed by atoms with Crippen molar-refractivity contribution in [3.8, 4) is 5.75 Å². The highest BCUT2D eigenvalue weighted by Crippen LogP contribution is 2.28. The molecule has 1 unspecified atom stereocenters. The first kappa shape index (κ1) is 13.2. The van der Waals surface area contributed by atoms with Gasteiger partial charge in [-0.05, 0) is 35.4 Å². The molecule has 2 aromatic carbocycles. The molecule has 2 rings (SSSR count). The number of aliphatic hydroxyl groups excluding tert-OH is 1. The number of benzene rings is 2. The maximum atomic E-state index is 10.1. The number of phenolic OH excluding ortho intramolecular Hbond substituents is 1. The van der Waals surface area contributed by atoms with E-state index in [1.807, 2.05) is 6.07 Å². The molecule has 2 aromatic rings. The van der Waals surface area contributed by atoms with Gasteiger partial charge in [-0.25, -0.2) is 0 Å². The molecule has 0 aliphatic carbocycles. The van der Waals surface area contributed by atoms with Gasteiger partial charge in [0.1, 0.15) is 5.75 Å². The molecule has 2 nitrogen and oxygen atoms in total. The van der Waals surface area contributed by atoms with Gasteiger partial charge >= 0.3 is 0 Å². The van der Waals surface area contributed by atoms with Crippen molar-refractivity contribution in [2.24, 2.45) is 0 Å². The fraction of sp³-hybridized carbons (Fsp3) is 0.143. The molecule has 94 valence electrons. The van der Waals surface area contributed by atoms with Crippen LogP contribution in [0.25, 0.3) is 0 Å². The van der Waals surface area contributed by atoms with E-state index in [-0.39, 0.29) is 5.75 Å². The van der Waals surface area contributed by atoms with Gasteiger partial charge in [-0.15, -0.1) is 0 Å². The third-order valence-electron chi connectivity index (χ3n) is 2.66. The maximum absolute atomic E-state index is 10.1. The normalized spacial score (nSPS) is 12.4. The molecule has 0 saturated heterocycles. The molecule has 0 bridgehead atoms. The molecule has 0 aliphatic rings. The third kappa shape index (κ3) is 3.16. The van der Waals surface area contributed by atoms with Crippen molar-refractivity contribution < 1.29 is 10.2 Å². The molecule has 18 heavy (non-hydrogen) atoms. The van der Waals surface area contributed by atoms with Crippen LogP contribution in [-0.4, -0.2) is 10.2 Å². The minimum Gasteiger partial charge on any atom is -0.508 e. The van der Waals surface area contributed by atoms with Gasteiger partial charge in [0.05, 0.1) is 6.10 Å². The monoisotopic (exact) mass is 282 g/mol. The summed E-state index contributed by atoms with van der Waals surface area (Å²) in [6.07, 6.45) is -0.341. The van der Waals surface area contributed by atoms with E-state index >= 15 is 0 Å². The van der Waals surface area contributed by atoms with Crippen LogP contribution in [0.3, 0.4) is 0 Å². The molecule has 0 aromatic heterocycles. The van der Waals surface area contributed by atoms with Crippen molar-refractivity contribution in [1.29, 1.82) is 0 Å². The second-order valence-electron chi connectivity index (χ2n) is 4.06. The summed E-state index contributed by atoms with van der Waals surface area (Å²) >= 11 is 11.8. The first-order valence-corrected chi connectivity index (χ1v) is 6.23. The summed E-state index contributed by atoms with van der Waals surface area (Å²) < 4.78 is 0. The largest absolute Gasteiger partial charge is 0.508 e. The molecular formula is C14H12Cl2O2. The van der Waals surface area contributed by atoms with Crippen LogP contribution >= 0.6 is 23.2 Å². The maximum Gasteiger partial charge on any atom is 0.115 e. The number of phenols is 1. The van der Waals surface area contributed by atoms with Gasteiger partial charge in [-0.2, -0.15) is 0 Å². The van der Waals surface area contributed by atoms with Crippen molar-refractivity contribution >= 4 is 23.2 Å². The summed E-state index contributed by atoms with van der Waals surface area (Å²) in [5, 5.41) is 20.5. The number of hydrogen-bond acceptors (Lipinski definition) is 2. The Morgan fingerprint density at radius 3 is 2.50 bits per heavy atom. The summed E-state index contributed by atoms with van der Waals surface area (Å²) in [7, 11) is 0. The first-order valence-electron chi connectivity index (χ1n) is 5.47. The molecule has 4 heteroatoms. The van der Waals surface area contributed by atoms with Gasteiger partial charge in [0, 0.05) is 16.5 Å². The minimum atomic E-state index is -0.725.